The Kier molecular flexibility index (Phi) is 6.22. The lowest BCUT2D eigenvalue weighted by atomic mass is 10.0. The Balaban J connectivity index is 1.37. The number of halogens is 1. The van der Waals surface area contributed by atoms with Crippen LogP contribution in [0.1, 0.15) is 30.9 Å². The van der Waals surface area contributed by atoms with Crippen molar-refractivity contribution in [3.63, 3.8) is 0 Å². The number of rotatable bonds is 6. The van der Waals surface area contributed by atoms with E-state index >= 15 is 0 Å². The first-order valence-electron chi connectivity index (χ1n) is 10.4. The minimum absolute atomic E-state index is 0.414. The van der Waals surface area contributed by atoms with Gasteiger partial charge in [-0.1, -0.05) is 48.0 Å². The molecule has 0 atom stereocenters. The molecule has 1 aliphatic rings. The fourth-order valence-electron chi connectivity index (χ4n) is 4.02. The largest absolute Gasteiger partial charge is 0.494 e. The molecule has 0 aliphatic carbocycles. The van der Waals surface area contributed by atoms with Crippen LogP contribution in [0.5, 0.6) is 5.75 Å². The second-order valence-corrected chi connectivity index (χ2v) is 8.13. The van der Waals surface area contributed by atoms with Gasteiger partial charge < -0.3 is 10.1 Å². The maximum Gasteiger partial charge on any atom is 0.135 e. The molecule has 0 radical (unpaired) electrons. The topological polar surface area (TPSA) is 37.4 Å². The van der Waals surface area contributed by atoms with Crippen LogP contribution in [0.2, 0.25) is 5.15 Å². The van der Waals surface area contributed by atoms with E-state index in [4.69, 9.17) is 16.3 Å². The van der Waals surface area contributed by atoms with Gasteiger partial charge in [0.05, 0.1) is 6.61 Å². The molecule has 152 valence electrons. The number of aromatic nitrogens is 1. The maximum absolute atomic E-state index is 6.23. The smallest absolute Gasteiger partial charge is 0.135 e. The van der Waals surface area contributed by atoms with Gasteiger partial charge in [-0.25, -0.2) is 4.98 Å². The molecule has 1 aliphatic heterocycles. The van der Waals surface area contributed by atoms with Crippen LogP contribution in [0.3, 0.4) is 0 Å². The fourth-order valence-corrected chi connectivity index (χ4v) is 4.22. The van der Waals surface area contributed by atoms with Gasteiger partial charge in [0, 0.05) is 31.1 Å². The Morgan fingerprint density at radius 3 is 2.72 bits per heavy atom. The summed E-state index contributed by atoms with van der Waals surface area (Å²) in [5.74, 6) is 1.90. The van der Waals surface area contributed by atoms with Crippen LogP contribution in [-0.2, 0) is 6.54 Å². The van der Waals surface area contributed by atoms with Crippen LogP contribution >= 0.6 is 11.6 Å². The van der Waals surface area contributed by atoms with Crippen LogP contribution in [0, 0.1) is 6.92 Å². The summed E-state index contributed by atoms with van der Waals surface area (Å²) in [4.78, 5) is 7.06. The third-order valence-corrected chi connectivity index (χ3v) is 5.79. The molecule has 0 unspecified atom stereocenters. The first-order chi connectivity index (χ1) is 14.1. The van der Waals surface area contributed by atoms with E-state index in [1.54, 1.807) is 0 Å². The number of pyridine rings is 1. The van der Waals surface area contributed by atoms with Gasteiger partial charge in [0.2, 0.25) is 0 Å². The summed E-state index contributed by atoms with van der Waals surface area (Å²) in [7, 11) is 0. The molecule has 0 amide bonds. The van der Waals surface area contributed by atoms with Gasteiger partial charge in [0.1, 0.15) is 16.7 Å². The number of nitrogens with zero attached hydrogens (tertiary/aromatic N) is 2. The number of nitrogens with one attached hydrogen (secondary N) is 1. The fraction of sp³-hybridized carbons (Fsp3) is 0.375. The van der Waals surface area contributed by atoms with E-state index in [2.05, 4.69) is 52.5 Å². The Bertz CT molecular complexity index is 983. The van der Waals surface area contributed by atoms with Gasteiger partial charge in [0.15, 0.2) is 0 Å². The van der Waals surface area contributed by atoms with Crippen molar-refractivity contribution in [1.29, 1.82) is 0 Å². The lowest BCUT2D eigenvalue weighted by molar-refractivity contribution is 0.211. The van der Waals surface area contributed by atoms with E-state index in [-0.39, 0.29) is 0 Å². The average molecular weight is 410 g/mol. The zero-order valence-corrected chi connectivity index (χ0v) is 17.9. The Labute approximate surface area is 177 Å². The van der Waals surface area contributed by atoms with Crippen LogP contribution in [0.4, 0.5) is 5.82 Å². The Hall–Kier alpha value is -2.30. The predicted octanol–water partition coefficient (Wildman–Crippen LogP) is 5.67. The quantitative estimate of drug-likeness (QED) is 0.532. The molecule has 3 aromatic rings. The van der Waals surface area contributed by atoms with E-state index in [9.17, 15) is 0 Å². The van der Waals surface area contributed by atoms with Crippen LogP contribution < -0.4 is 10.1 Å². The number of fused-ring (bicyclic) bond motifs is 1. The second kappa shape index (κ2) is 9.02. The van der Waals surface area contributed by atoms with Crippen molar-refractivity contribution in [2.24, 2.45) is 0 Å². The molecule has 29 heavy (non-hydrogen) atoms. The molecular formula is C24H28ClN3O. The van der Waals surface area contributed by atoms with Gasteiger partial charge in [-0.05, 0) is 55.3 Å². The van der Waals surface area contributed by atoms with Crippen molar-refractivity contribution in [1.82, 2.24) is 9.88 Å². The van der Waals surface area contributed by atoms with Crippen LogP contribution in [-0.4, -0.2) is 35.6 Å². The van der Waals surface area contributed by atoms with Crippen molar-refractivity contribution >= 4 is 28.2 Å². The first-order valence-corrected chi connectivity index (χ1v) is 10.8. The molecule has 0 bridgehead atoms. The lowest BCUT2D eigenvalue weighted by Crippen LogP contribution is -2.38. The normalized spacial score (nSPS) is 15.6. The Morgan fingerprint density at radius 2 is 1.93 bits per heavy atom. The number of piperidine rings is 1. The standard InChI is InChI=1S/C24H28ClN3O/c1-3-29-22-14-18(9-8-17(22)2)16-28-12-10-20(11-13-28)26-24-21-7-5-4-6-19(21)15-23(25)27-24/h4-9,14-15,20H,3,10-13,16H2,1-2H3,(H,26,27). The zero-order valence-electron chi connectivity index (χ0n) is 17.1. The molecule has 0 saturated carbocycles. The van der Waals surface area contributed by atoms with Crippen molar-refractivity contribution < 1.29 is 4.74 Å². The number of ether oxygens (including phenoxy) is 1. The van der Waals surface area contributed by atoms with E-state index in [0.29, 0.717) is 17.8 Å². The zero-order chi connectivity index (χ0) is 20.2. The Morgan fingerprint density at radius 1 is 1.14 bits per heavy atom. The van der Waals surface area contributed by atoms with E-state index < -0.39 is 0 Å². The molecule has 4 rings (SSSR count). The highest BCUT2D eigenvalue weighted by atomic mass is 35.5. The summed E-state index contributed by atoms with van der Waals surface area (Å²) in [6.45, 7) is 7.92. The molecule has 0 spiro atoms. The molecule has 1 saturated heterocycles. The number of anilines is 1. The third kappa shape index (κ3) is 4.82. The van der Waals surface area contributed by atoms with Gasteiger partial charge in [-0.2, -0.15) is 0 Å². The highest BCUT2D eigenvalue weighted by Crippen LogP contribution is 2.27. The van der Waals surface area contributed by atoms with Crippen LogP contribution in [0.25, 0.3) is 10.8 Å². The number of aryl methyl sites for hydroxylation is 1. The van der Waals surface area contributed by atoms with Crippen molar-refractivity contribution in [2.75, 3.05) is 25.0 Å². The van der Waals surface area contributed by atoms with Gasteiger partial charge in [-0.15, -0.1) is 0 Å². The predicted molar refractivity (Wildman–Crippen MR) is 121 cm³/mol. The third-order valence-electron chi connectivity index (χ3n) is 5.60. The van der Waals surface area contributed by atoms with E-state index in [1.807, 2.05) is 25.1 Å². The molecule has 2 aromatic carbocycles. The van der Waals surface area contributed by atoms with Crippen LogP contribution in [0.15, 0.2) is 48.5 Å². The van der Waals surface area contributed by atoms with E-state index in [1.165, 1.54) is 11.1 Å². The second-order valence-electron chi connectivity index (χ2n) is 7.74. The molecule has 1 fully saturated rings. The van der Waals surface area contributed by atoms with Gasteiger partial charge in [-0.3, -0.25) is 4.90 Å². The van der Waals surface area contributed by atoms with E-state index in [0.717, 1.165) is 54.8 Å². The summed E-state index contributed by atoms with van der Waals surface area (Å²) < 4.78 is 5.75. The van der Waals surface area contributed by atoms with Crippen molar-refractivity contribution in [3.05, 3.63) is 64.8 Å². The summed E-state index contributed by atoms with van der Waals surface area (Å²) in [5.41, 5.74) is 2.51. The average Bonchev–Trinajstić information content (AvgIpc) is 2.72. The van der Waals surface area contributed by atoms with Crippen molar-refractivity contribution in [2.45, 2.75) is 39.3 Å². The molecular weight excluding hydrogens is 382 g/mol. The molecule has 1 N–H and O–H groups in total. The molecule has 1 aromatic heterocycles. The highest BCUT2D eigenvalue weighted by Gasteiger charge is 2.20. The first kappa shape index (κ1) is 20.0. The summed E-state index contributed by atoms with van der Waals surface area (Å²) in [6, 6.07) is 17.1. The summed E-state index contributed by atoms with van der Waals surface area (Å²) >= 11 is 6.23. The minimum atomic E-state index is 0.414. The number of benzene rings is 2. The molecule has 5 heteroatoms. The molecule has 4 nitrogen and oxygen atoms in total. The number of likely N-dealkylation sites (tertiary alicyclic amines) is 1. The van der Waals surface area contributed by atoms with Crippen molar-refractivity contribution in [3.8, 4) is 5.75 Å². The van der Waals surface area contributed by atoms with Gasteiger partial charge in [0.25, 0.3) is 0 Å². The molecule has 2 heterocycles. The summed E-state index contributed by atoms with van der Waals surface area (Å²) in [6.07, 6.45) is 2.18. The van der Waals surface area contributed by atoms with Gasteiger partial charge >= 0.3 is 0 Å². The maximum atomic E-state index is 6.23. The number of hydrogen-bond donors (Lipinski definition) is 1. The lowest BCUT2D eigenvalue weighted by Gasteiger charge is -2.33. The number of hydrogen-bond acceptors (Lipinski definition) is 4. The monoisotopic (exact) mass is 409 g/mol. The summed E-state index contributed by atoms with van der Waals surface area (Å²) in [5, 5.41) is 6.42. The minimum Gasteiger partial charge on any atom is -0.494 e. The SMILES string of the molecule is CCOc1cc(CN2CCC(Nc3nc(Cl)cc4ccccc34)CC2)ccc1C. The highest BCUT2D eigenvalue weighted by molar-refractivity contribution is 6.30.